The van der Waals surface area contributed by atoms with Gasteiger partial charge >= 0.3 is 5.97 Å². The molecule has 0 fully saturated rings. The lowest BCUT2D eigenvalue weighted by Crippen LogP contribution is -2.31. The summed E-state index contributed by atoms with van der Waals surface area (Å²) >= 11 is 0. The maximum atomic E-state index is 10.9. The number of carbonyl (C=O) groups is 1. The van der Waals surface area contributed by atoms with E-state index in [1.165, 1.54) is 0 Å². The molecule has 4 N–H and O–H groups in total. The molecule has 0 amide bonds. The summed E-state index contributed by atoms with van der Waals surface area (Å²) in [5.74, 6) is -0.835. The predicted molar refractivity (Wildman–Crippen MR) is 69.1 cm³/mol. The van der Waals surface area contributed by atoms with Crippen LogP contribution in [0.1, 0.15) is 31.9 Å². The number of nitrogens with two attached hydrogens (primary N) is 1. The number of nitrogens with zero attached hydrogens (tertiary/aromatic N) is 1. The molecule has 1 unspecified atom stereocenters. The lowest BCUT2D eigenvalue weighted by molar-refractivity contribution is -0.139. The maximum Gasteiger partial charge on any atom is 0.303 e. The van der Waals surface area contributed by atoms with Gasteiger partial charge in [-0.3, -0.25) is 4.79 Å². The van der Waals surface area contributed by atoms with Gasteiger partial charge in [-0.05, 0) is 23.1 Å². The molecular weight excluding hydrogens is 230 g/mol. The minimum absolute atomic E-state index is 0.0369. The van der Waals surface area contributed by atoms with Crippen molar-refractivity contribution in [2.45, 2.75) is 26.3 Å². The van der Waals surface area contributed by atoms with Gasteiger partial charge in [0.1, 0.15) is 0 Å². The van der Waals surface area contributed by atoms with Gasteiger partial charge < -0.3 is 15.8 Å². The summed E-state index contributed by atoms with van der Waals surface area (Å²) in [7, 11) is 0. The number of rotatable bonds is 4. The van der Waals surface area contributed by atoms with Crippen LogP contribution in [-0.2, 0) is 4.79 Å². The number of hydrogen-bond acceptors (Lipinski definition) is 3. The second-order valence-electron chi connectivity index (χ2n) is 5.22. The van der Waals surface area contributed by atoms with Crippen molar-refractivity contribution in [2.75, 3.05) is 0 Å². The highest BCUT2D eigenvalue weighted by Crippen LogP contribution is 2.35. The first-order chi connectivity index (χ1) is 8.40. The van der Waals surface area contributed by atoms with E-state index in [-0.39, 0.29) is 12.5 Å². The van der Waals surface area contributed by atoms with Crippen LogP contribution in [0.2, 0.25) is 0 Å². The SMILES string of the molecule is CC(C)(CC(=O)O)C(N)c1ccc2nc[nH]c2c1. The second kappa shape index (κ2) is 4.42. The van der Waals surface area contributed by atoms with Crippen LogP contribution in [0.5, 0.6) is 0 Å². The molecule has 96 valence electrons. The van der Waals surface area contributed by atoms with Crippen LogP contribution in [-0.4, -0.2) is 21.0 Å². The van der Waals surface area contributed by atoms with E-state index in [0.717, 1.165) is 16.6 Å². The van der Waals surface area contributed by atoms with Crippen LogP contribution < -0.4 is 5.73 Å². The van der Waals surface area contributed by atoms with Gasteiger partial charge in [0.2, 0.25) is 0 Å². The highest BCUT2D eigenvalue weighted by atomic mass is 16.4. The second-order valence-corrected chi connectivity index (χ2v) is 5.22. The zero-order chi connectivity index (χ0) is 13.3. The van der Waals surface area contributed by atoms with Crippen LogP contribution in [0, 0.1) is 5.41 Å². The van der Waals surface area contributed by atoms with Gasteiger partial charge in [-0.25, -0.2) is 4.98 Å². The molecule has 1 atom stereocenters. The van der Waals surface area contributed by atoms with E-state index >= 15 is 0 Å². The molecule has 5 heteroatoms. The Morgan fingerprint density at radius 3 is 2.94 bits per heavy atom. The average molecular weight is 247 g/mol. The molecule has 0 aliphatic carbocycles. The first-order valence-electron chi connectivity index (χ1n) is 5.80. The minimum Gasteiger partial charge on any atom is -0.481 e. The zero-order valence-corrected chi connectivity index (χ0v) is 10.5. The van der Waals surface area contributed by atoms with Gasteiger partial charge in [-0.2, -0.15) is 0 Å². The molecule has 1 aromatic heterocycles. The fraction of sp³-hybridized carbons (Fsp3) is 0.385. The minimum atomic E-state index is -0.835. The standard InChI is InChI=1S/C13H17N3O2/c1-13(2,6-11(17)18)12(14)8-3-4-9-10(5-8)16-7-15-9/h3-5,7,12H,6,14H2,1-2H3,(H,15,16)(H,17,18). The molecule has 18 heavy (non-hydrogen) atoms. The quantitative estimate of drug-likeness (QED) is 0.771. The number of H-pyrrole nitrogens is 1. The van der Waals surface area contributed by atoms with Crippen molar-refractivity contribution in [3.05, 3.63) is 30.1 Å². The molecular formula is C13H17N3O2. The monoisotopic (exact) mass is 247 g/mol. The zero-order valence-electron chi connectivity index (χ0n) is 10.5. The van der Waals surface area contributed by atoms with Crippen molar-refractivity contribution in [2.24, 2.45) is 11.1 Å². The van der Waals surface area contributed by atoms with Crippen LogP contribution >= 0.6 is 0 Å². The summed E-state index contributed by atoms with van der Waals surface area (Å²) in [5, 5.41) is 8.91. The van der Waals surface area contributed by atoms with E-state index in [9.17, 15) is 4.79 Å². The number of fused-ring (bicyclic) bond motifs is 1. The third-order valence-corrected chi connectivity index (χ3v) is 3.25. The molecule has 0 bridgehead atoms. The van der Waals surface area contributed by atoms with Crippen molar-refractivity contribution in [3.63, 3.8) is 0 Å². The molecule has 5 nitrogen and oxygen atoms in total. The van der Waals surface area contributed by atoms with E-state index < -0.39 is 11.4 Å². The molecule has 0 saturated heterocycles. The molecule has 2 aromatic rings. The van der Waals surface area contributed by atoms with Crippen LogP contribution in [0.15, 0.2) is 24.5 Å². The maximum absolute atomic E-state index is 10.9. The number of aromatic amines is 1. The Hall–Kier alpha value is -1.88. The Morgan fingerprint density at radius 1 is 1.56 bits per heavy atom. The molecule has 1 heterocycles. The van der Waals surface area contributed by atoms with Crippen LogP contribution in [0.25, 0.3) is 11.0 Å². The Labute approximate surface area is 105 Å². The lowest BCUT2D eigenvalue weighted by atomic mass is 9.78. The summed E-state index contributed by atoms with van der Waals surface area (Å²) in [4.78, 5) is 18.0. The summed E-state index contributed by atoms with van der Waals surface area (Å²) in [5.41, 5.74) is 8.39. The summed E-state index contributed by atoms with van der Waals surface area (Å²) in [6.07, 6.45) is 1.66. The highest BCUT2D eigenvalue weighted by molar-refractivity contribution is 5.75. The molecule has 1 aromatic carbocycles. The average Bonchev–Trinajstić information content (AvgIpc) is 2.72. The number of nitrogens with one attached hydrogen (secondary N) is 1. The van der Waals surface area contributed by atoms with Crippen molar-refractivity contribution in [3.8, 4) is 0 Å². The van der Waals surface area contributed by atoms with E-state index in [1.54, 1.807) is 6.33 Å². The summed E-state index contributed by atoms with van der Waals surface area (Å²) in [6.45, 7) is 3.73. The smallest absolute Gasteiger partial charge is 0.303 e. The first-order valence-corrected chi connectivity index (χ1v) is 5.80. The van der Waals surface area contributed by atoms with Crippen molar-refractivity contribution >= 4 is 17.0 Å². The van der Waals surface area contributed by atoms with E-state index in [2.05, 4.69) is 9.97 Å². The van der Waals surface area contributed by atoms with Gasteiger partial charge in [0.15, 0.2) is 0 Å². The Morgan fingerprint density at radius 2 is 2.28 bits per heavy atom. The molecule has 0 saturated carbocycles. The number of aliphatic carboxylic acids is 1. The predicted octanol–water partition coefficient (Wildman–Crippen LogP) is 2.06. The third-order valence-electron chi connectivity index (χ3n) is 3.25. The molecule has 2 rings (SSSR count). The Bertz CT molecular complexity index is 574. The normalized spacial score (nSPS) is 13.7. The van der Waals surface area contributed by atoms with E-state index in [4.69, 9.17) is 10.8 Å². The summed E-state index contributed by atoms with van der Waals surface area (Å²) < 4.78 is 0. The van der Waals surface area contributed by atoms with Gasteiger partial charge in [-0.15, -0.1) is 0 Å². The third kappa shape index (κ3) is 2.36. The number of carboxylic acids is 1. The topological polar surface area (TPSA) is 92.0 Å². The van der Waals surface area contributed by atoms with Gasteiger partial charge in [-0.1, -0.05) is 19.9 Å². The molecule has 0 spiro atoms. The van der Waals surface area contributed by atoms with Crippen molar-refractivity contribution < 1.29 is 9.90 Å². The van der Waals surface area contributed by atoms with E-state index in [0.29, 0.717) is 0 Å². The molecule has 0 aliphatic heterocycles. The van der Waals surface area contributed by atoms with Crippen molar-refractivity contribution in [1.82, 2.24) is 9.97 Å². The number of benzene rings is 1. The number of carboxylic acid groups (broad SMARTS) is 1. The van der Waals surface area contributed by atoms with Crippen LogP contribution in [0.4, 0.5) is 0 Å². The van der Waals surface area contributed by atoms with Gasteiger partial charge in [0, 0.05) is 6.04 Å². The fourth-order valence-electron chi connectivity index (χ4n) is 2.10. The largest absolute Gasteiger partial charge is 0.481 e. The van der Waals surface area contributed by atoms with Gasteiger partial charge in [0.05, 0.1) is 23.8 Å². The molecule has 0 radical (unpaired) electrons. The summed E-state index contributed by atoms with van der Waals surface area (Å²) in [6, 6.07) is 5.38. The number of aromatic nitrogens is 2. The Balaban J connectivity index is 2.31. The van der Waals surface area contributed by atoms with E-state index in [1.807, 2.05) is 32.0 Å². The van der Waals surface area contributed by atoms with Crippen LogP contribution in [0.3, 0.4) is 0 Å². The number of imidazole rings is 1. The molecule has 0 aliphatic rings. The van der Waals surface area contributed by atoms with Crippen molar-refractivity contribution in [1.29, 1.82) is 0 Å². The first kappa shape index (κ1) is 12.6. The lowest BCUT2D eigenvalue weighted by Gasteiger charge is -2.30. The van der Waals surface area contributed by atoms with Gasteiger partial charge in [0.25, 0.3) is 0 Å². The Kier molecular flexibility index (Phi) is 3.09. The fourth-order valence-corrected chi connectivity index (χ4v) is 2.10. The number of hydrogen-bond donors (Lipinski definition) is 3. The highest BCUT2D eigenvalue weighted by Gasteiger charge is 2.30.